The Morgan fingerprint density at radius 3 is 2.72 bits per heavy atom. The lowest BCUT2D eigenvalue weighted by molar-refractivity contribution is -0.137. The predicted octanol–water partition coefficient (Wildman–Crippen LogP) is 3.87. The molecule has 1 aromatic carbocycles. The van der Waals surface area contributed by atoms with E-state index < -0.39 is 23.5 Å². The number of alkyl halides is 2. The Morgan fingerprint density at radius 1 is 1.34 bits per heavy atom. The average Bonchev–Trinajstić information content (AvgIpc) is 3.12. The van der Waals surface area contributed by atoms with Crippen molar-refractivity contribution in [2.24, 2.45) is 0 Å². The summed E-state index contributed by atoms with van der Waals surface area (Å²) in [5, 5.41) is 16.8. The van der Waals surface area contributed by atoms with Crippen LogP contribution < -0.4 is 0 Å². The summed E-state index contributed by atoms with van der Waals surface area (Å²) in [4.78, 5) is 15.1. The van der Waals surface area contributed by atoms with Gasteiger partial charge in [0.15, 0.2) is 11.5 Å². The highest BCUT2D eigenvalue weighted by Crippen LogP contribution is 2.53. The fourth-order valence-electron chi connectivity index (χ4n) is 3.52. The van der Waals surface area contributed by atoms with Crippen LogP contribution in [0.2, 0.25) is 0 Å². The highest BCUT2D eigenvalue weighted by Gasteiger charge is 2.51. The molecule has 0 aliphatic heterocycles. The topological polar surface area (TPSA) is 94.0 Å². The number of rotatable bonds is 7. The zero-order valence-electron chi connectivity index (χ0n) is 15.4. The second-order valence-corrected chi connectivity index (χ2v) is 7.09. The molecular formula is C19H17F3N4O3. The summed E-state index contributed by atoms with van der Waals surface area (Å²) < 4.78 is 46.2. The first-order chi connectivity index (χ1) is 13.8. The first-order valence-corrected chi connectivity index (χ1v) is 8.99. The molecule has 7 nitrogen and oxygen atoms in total. The summed E-state index contributed by atoms with van der Waals surface area (Å²) in [6.07, 6.45) is -1.66. The molecule has 10 heteroatoms. The van der Waals surface area contributed by atoms with Crippen molar-refractivity contribution >= 4 is 5.97 Å². The minimum Gasteiger partial charge on any atom is -0.481 e. The fourth-order valence-corrected chi connectivity index (χ4v) is 3.52. The molecule has 2 heterocycles. The van der Waals surface area contributed by atoms with E-state index in [9.17, 15) is 18.0 Å². The monoisotopic (exact) mass is 406 g/mol. The Labute approximate surface area is 163 Å². The van der Waals surface area contributed by atoms with Crippen LogP contribution in [0.15, 0.2) is 28.8 Å². The zero-order chi connectivity index (χ0) is 20.8. The molecule has 1 aliphatic carbocycles. The van der Waals surface area contributed by atoms with Gasteiger partial charge < -0.3 is 9.63 Å². The number of carboxylic acids is 1. The number of halogens is 3. The molecule has 29 heavy (non-hydrogen) atoms. The fraction of sp³-hybridized carbons (Fsp3) is 0.368. The van der Waals surface area contributed by atoms with Crippen LogP contribution in [-0.4, -0.2) is 31.0 Å². The molecule has 2 aromatic heterocycles. The van der Waals surface area contributed by atoms with E-state index in [1.54, 1.807) is 13.0 Å². The maximum Gasteiger partial charge on any atom is 0.305 e. The molecule has 1 N–H and O–H groups in total. The van der Waals surface area contributed by atoms with Gasteiger partial charge in [-0.15, -0.1) is 0 Å². The molecule has 152 valence electrons. The van der Waals surface area contributed by atoms with Crippen LogP contribution >= 0.6 is 0 Å². The molecule has 0 unspecified atom stereocenters. The molecule has 0 amide bonds. The standard InChI is InChI=1S/C19H17F3N4O3/c1-10-8-11(20)2-3-12(10)19(5-6-19)18-23-17(29-25-18)13-9-14(16(21)22)26(24-13)7-4-15(27)28/h2-3,8-9,16H,4-7H2,1H3,(H,27,28). The predicted molar refractivity (Wildman–Crippen MR) is 93.9 cm³/mol. The Hall–Kier alpha value is -3.17. The Balaban J connectivity index is 1.66. The van der Waals surface area contributed by atoms with Crippen molar-refractivity contribution in [1.82, 2.24) is 19.9 Å². The number of nitrogens with zero attached hydrogens (tertiary/aromatic N) is 4. The average molecular weight is 406 g/mol. The first kappa shape index (κ1) is 19.2. The van der Waals surface area contributed by atoms with E-state index in [0.717, 1.165) is 34.7 Å². The van der Waals surface area contributed by atoms with Gasteiger partial charge in [-0.2, -0.15) is 10.1 Å². The van der Waals surface area contributed by atoms with Crippen LogP contribution in [0.1, 0.15) is 48.3 Å². The highest BCUT2D eigenvalue weighted by atomic mass is 19.3. The third kappa shape index (κ3) is 3.50. The van der Waals surface area contributed by atoms with Gasteiger partial charge in [0.05, 0.1) is 18.4 Å². The molecule has 1 fully saturated rings. The van der Waals surface area contributed by atoms with E-state index in [-0.39, 0.29) is 30.4 Å². The maximum atomic E-state index is 13.4. The van der Waals surface area contributed by atoms with E-state index in [0.29, 0.717) is 5.82 Å². The van der Waals surface area contributed by atoms with Crippen LogP contribution in [-0.2, 0) is 16.8 Å². The lowest BCUT2D eigenvalue weighted by Gasteiger charge is -2.14. The molecule has 4 rings (SSSR count). The van der Waals surface area contributed by atoms with Crippen LogP contribution in [0.3, 0.4) is 0 Å². The highest BCUT2D eigenvalue weighted by molar-refractivity contribution is 5.66. The normalized spacial score (nSPS) is 15.1. The third-order valence-corrected chi connectivity index (χ3v) is 5.10. The quantitative estimate of drug-likeness (QED) is 0.640. The number of aliphatic carboxylic acids is 1. The lowest BCUT2D eigenvalue weighted by atomic mass is 9.91. The van der Waals surface area contributed by atoms with Gasteiger partial charge in [0.25, 0.3) is 12.3 Å². The van der Waals surface area contributed by atoms with Gasteiger partial charge >= 0.3 is 5.97 Å². The van der Waals surface area contributed by atoms with Gasteiger partial charge in [0.1, 0.15) is 11.5 Å². The van der Waals surface area contributed by atoms with Crippen LogP contribution in [0, 0.1) is 12.7 Å². The molecule has 0 atom stereocenters. The summed E-state index contributed by atoms with van der Waals surface area (Å²) in [7, 11) is 0. The van der Waals surface area contributed by atoms with Crippen molar-refractivity contribution in [3.05, 3.63) is 52.7 Å². The number of carboxylic acid groups (broad SMARTS) is 1. The summed E-state index contributed by atoms with van der Waals surface area (Å²) in [5.74, 6) is -1.09. The third-order valence-electron chi connectivity index (χ3n) is 5.10. The lowest BCUT2D eigenvalue weighted by Crippen LogP contribution is -2.12. The molecule has 0 saturated heterocycles. The molecule has 1 aliphatic rings. The Kier molecular flexibility index (Phi) is 4.64. The number of aryl methyl sites for hydroxylation is 2. The van der Waals surface area contributed by atoms with Crippen molar-refractivity contribution in [2.75, 3.05) is 0 Å². The van der Waals surface area contributed by atoms with Crippen molar-refractivity contribution in [3.8, 4) is 11.6 Å². The molecule has 3 aromatic rings. The van der Waals surface area contributed by atoms with Gasteiger partial charge in [-0.05, 0) is 49.1 Å². The van der Waals surface area contributed by atoms with Crippen molar-refractivity contribution in [3.63, 3.8) is 0 Å². The van der Waals surface area contributed by atoms with Gasteiger partial charge in [0.2, 0.25) is 0 Å². The van der Waals surface area contributed by atoms with E-state index in [2.05, 4.69) is 15.2 Å². The van der Waals surface area contributed by atoms with Crippen molar-refractivity contribution in [2.45, 2.75) is 44.6 Å². The number of aromatic nitrogens is 4. The largest absolute Gasteiger partial charge is 0.481 e. The van der Waals surface area contributed by atoms with E-state index in [4.69, 9.17) is 9.63 Å². The molecular weight excluding hydrogens is 389 g/mol. The van der Waals surface area contributed by atoms with Gasteiger partial charge in [-0.25, -0.2) is 13.2 Å². The van der Waals surface area contributed by atoms with Crippen LogP contribution in [0.25, 0.3) is 11.6 Å². The molecule has 0 bridgehead atoms. The maximum absolute atomic E-state index is 13.4. The first-order valence-electron chi connectivity index (χ1n) is 8.99. The van der Waals surface area contributed by atoms with Crippen molar-refractivity contribution in [1.29, 1.82) is 0 Å². The van der Waals surface area contributed by atoms with Crippen LogP contribution in [0.4, 0.5) is 13.2 Å². The van der Waals surface area contributed by atoms with E-state index >= 15 is 0 Å². The zero-order valence-corrected chi connectivity index (χ0v) is 15.4. The minimum absolute atomic E-state index is 0.0259. The Morgan fingerprint density at radius 2 is 2.10 bits per heavy atom. The number of hydrogen-bond donors (Lipinski definition) is 1. The summed E-state index contributed by atoms with van der Waals surface area (Å²) in [5.41, 5.74) is 0.808. The number of benzene rings is 1. The molecule has 1 saturated carbocycles. The van der Waals surface area contributed by atoms with Gasteiger partial charge in [0, 0.05) is 0 Å². The summed E-state index contributed by atoms with van der Waals surface area (Å²) >= 11 is 0. The second kappa shape index (κ2) is 7.02. The smallest absolute Gasteiger partial charge is 0.305 e. The van der Waals surface area contributed by atoms with Crippen molar-refractivity contribution < 1.29 is 27.6 Å². The van der Waals surface area contributed by atoms with Gasteiger partial charge in [-0.3, -0.25) is 9.48 Å². The van der Waals surface area contributed by atoms with E-state index in [1.807, 2.05) is 0 Å². The summed E-state index contributed by atoms with van der Waals surface area (Å²) in [6, 6.07) is 5.63. The Bertz CT molecular complexity index is 1070. The van der Waals surface area contributed by atoms with E-state index in [1.165, 1.54) is 12.1 Å². The van der Waals surface area contributed by atoms with Gasteiger partial charge in [-0.1, -0.05) is 11.2 Å². The SMILES string of the molecule is Cc1cc(F)ccc1C1(c2noc(-c3cc(C(F)F)n(CCC(=O)O)n3)n2)CC1. The number of hydrogen-bond acceptors (Lipinski definition) is 5. The second-order valence-electron chi connectivity index (χ2n) is 7.09. The minimum atomic E-state index is -2.83. The molecule has 0 spiro atoms. The number of carbonyl (C=O) groups is 1. The molecule has 0 radical (unpaired) electrons. The van der Waals surface area contributed by atoms with Crippen LogP contribution in [0.5, 0.6) is 0 Å². The summed E-state index contributed by atoms with van der Waals surface area (Å²) in [6.45, 7) is 1.60.